The lowest BCUT2D eigenvalue weighted by atomic mass is 10.2. The topological polar surface area (TPSA) is 161 Å². The van der Waals surface area contributed by atoms with E-state index in [1.807, 2.05) is 0 Å². The molecule has 0 aromatic carbocycles. The Morgan fingerprint density at radius 1 is 1.32 bits per heavy atom. The third-order valence-corrected chi connectivity index (χ3v) is 4.40. The number of amides is 1. The van der Waals surface area contributed by atoms with Gasteiger partial charge in [0.1, 0.15) is 12.3 Å². The minimum absolute atomic E-state index is 0.0872. The van der Waals surface area contributed by atoms with Crippen LogP contribution in [0.5, 0.6) is 0 Å². The zero-order valence-corrected chi connectivity index (χ0v) is 15.7. The zero-order valence-electron chi connectivity index (χ0n) is 15.7. The Morgan fingerprint density at radius 2 is 2.07 bits per heavy atom. The molecule has 1 aromatic rings. The van der Waals surface area contributed by atoms with Crippen molar-refractivity contribution in [3.63, 3.8) is 0 Å². The van der Waals surface area contributed by atoms with Crippen molar-refractivity contribution in [1.29, 1.82) is 0 Å². The molecule has 0 aliphatic carbocycles. The van der Waals surface area contributed by atoms with Crippen molar-refractivity contribution in [2.75, 3.05) is 19.7 Å². The summed E-state index contributed by atoms with van der Waals surface area (Å²) < 4.78 is 6.47. The number of ether oxygens (including phenoxy) is 1. The molecule has 1 aliphatic heterocycles. The Bertz CT molecular complexity index is 787. The standard InChI is InChI=1S/C18H27N4O6/c19-7-3-1-2-4-8-20-15(25)6-5-12-10-22(18(27)21-17(12)26)16-9-13(24)14(11-23)28-16/h5-6,9-10,13-14,16,23-24H,1-4,7-8,11,19H2,(H,20,25)(H,21,26,27)/p+1/b6-5+/t13?,14-,16-/m1/s1. The van der Waals surface area contributed by atoms with Gasteiger partial charge in [-0.1, -0.05) is 6.42 Å². The Kier molecular flexibility index (Phi) is 8.58. The first kappa shape index (κ1) is 22.0. The third kappa shape index (κ3) is 6.13. The maximum absolute atomic E-state index is 12.0. The van der Waals surface area contributed by atoms with Crippen LogP contribution in [0.1, 0.15) is 37.5 Å². The molecule has 1 aliphatic rings. The zero-order chi connectivity index (χ0) is 20.5. The summed E-state index contributed by atoms with van der Waals surface area (Å²) in [5.74, 6) is -0.339. The number of aliphatic hydroxyl groups excluding tert-OH is 2. The molecule has 0 saturated carbocycles. The molecule has 1 radical (unpaired) electrons. The summed E-state index contributed by atoms with van der Waals surface area (Å²) in [5, 5.41) is 21.6. The van der Waals surface area contributed by atoms with Crippen LogP contribution in [-0.2, 0) is 9.53 Å². The Labute approximate surface area is 162 Å². The molecule has 10 heteroatoms. The second-order valence-electron chi connectivity index (χ2n) is 6.57. The number of rotatable bonds is 10. The molecule has 2 heterocycles. The van der Waals surface area contributed by atoms with E-state index in [1.165, 1.54) is 24.8 Å². The van der Waals surface area contributed by atoms with E-state index in [0.29, 0.717) is 6.54 Å². The van der Waals surface area contributed by atoms with Crippen LogP contribution in [0.3, 0.4) is 0 Å². The smallest absolute Gasteiger partial charge is 0.330 e. The van der Waals surface area contributed by atoms with E-state index in [1.54, 1.807) is 0 Å². The molecule has 0 spiro atoms. The van der Waals surface area contributed by atoms with Gasteiger partial charge in [-0.25, -0.2) is 4.79 Å². The molecular formula is C18H28N4O6+. The highest BCUT2D eigenvalue weighted by atomic mass is 16.5. The van der Waals surface area contributed by atoms with Crippen molar-refractivity contribution < 1.29 is 25.5 Å². The van der Waals surface area contributed by atoms with Crippen LogP contribution >= 0.6 is 0 Å². The van der Waals surface area contributed by atoms with Crippen LogP contribution in [0.2, 0.25) is 0 Å². The highest BCUT2D eigenvalue weighted by Crippen LogP contribution is 2.26. The molecule has 7 N–H and O–H groups in total. The van der Waals surface area contributed by atoms with Gasteiger partial charge >= 0.3 is 5.69 Å². The molecule has 1 fully saturated rings. The monoisotopic (exact) mass is 396 g/mol. The summed E-state index contributed by atoms with van der Waals surface area (Å²) >= 11 is 0. The molecule has 3 atom stereocenters. The lowest BCUT2D eigenvalue weighted by Crippen LogP contribution is -2.50. The van der Waals surface area contributed by atoms with Gasteiger partial charge in [0, 0.05) is 25.2 Å². The molecule has 2 rings (SSSR count). The molecule has 1 saturated heterocycles. The fraction of sp³-hybridized carbons (Fsp3) is 0.556. The number of carbonyl (C=O) groups excluding carboxylic acids is 1. The first-order valence-electron chi connectivity index (χ1n) is 9.36. The SMILES string of the molecule is [NH3+]CCCCCCNC(=O)/C=C/c1cn([C@H]2[CH]C(O)[C@@H](CO)O2)c(=O)[nH]c1=O. The van der Waals surface area contributed by atoms with Gasteiger partial charge in [-0.15, -0.1) is 0 Å². The molecule has 10 nitrogen and oxygen atoms in total. The lowest BCUT2D eigenvalue weighted by Gasteiger charge is -2.14. The van der Waals surface area contributed by atoms with Gasteiger partial charge in [0.05, 0.1) is 24.8 Å². The number of hydrogen-bond donors (Lipinski definition) is 5. The molecule has 1 aromatic heterocycles. The number of hydrogen-bond acceptors (Lipinski definition) is 6. The van der Waals surface area contributed by atoms with E-state index in [4.69, 9.17) is 9.84 Å². The van der Waals surface area contributed by atoms with Gasteiger partial charge in [0.25, 0.3) is 5.56 Å². The molecule has 1 unspecified atom stereocenters. The van der Waals surface area contributed by atoms with Gasteiger partial charge in [0.15, 0.2) is 0 Å². The van der Waals surface area contributed by atoms with Crippen molar-refractivity contribution in [1.82, 2.24) is 14.9 Å². The van der Waals surface area contributed by atoms with Gasteiger partial charge in [0.2, 0.25) is 5.91 Å². The minimum Gasteiger partial charge on any atom is -0.394 e. The second-order valence-corrected chi connectivity index (χ2v) is 6.57. The van der Waals surface area contributed by atoms with Crippen LogP contribution in [0.25, 0.3) is 6.08 Å². The van der Waals surface area contributed by atoms with E-state index in [0.717, 1.165) is 36.8 Å². The number of unbranched alkanes of at least 4 members (excludes halogenated alkanes) is 3. The molecule has 155 valence electrons. The number of carbonyl (C=O) groups is 1. The minimum atomic E-state index is -1.04. The van der Waals surface area contributed by atoms with Gasteiger partial charge < -0.3 is 26.0 Å². The summed E-state index contributed by atoms with van der Waals surface area (Å²) in [4.78, 5) is 38.0. The highest BCUT2D eigenvalue weighted by Gasteiger charge is 2.35. The van der Waals surface area contributed by atoms with Crippen LogP contribution in [-0.4, -0.2) is 57.6 Å². The summed E-state index contributed by atoms with van der Waals surface area (Å²) in [6, 6.07) is 0. The summed E-state index contributed by atoms with van der Waals surface area (Å²) in [7, 11) is 0. The third-order valence-electron chi connectivity index (χ3n) is 4.40. The van der Waals surface area contributed by atoms with Crippen molar-refractivity contribution >= 4 is 12.0 Å². The van der Waals surface area contributed by atoms with Gasteiger partial charge in [-0.3, -0.25) is 19.1 Å². The van der Waals surface area contributed by atoms with Crippen molar-refractivity contribution in [2.45, 2.75) is 44.1 Å². The molecular weight excluding hydrogens is 368 g/mol. The Morgan fingerprint density at radius 3 is 2.75 bits per heavy atom. The first-order chi connectivity index (χ1) is 13.5. The van der Waals surface area contributed by atoms with Crippen LogP contribution in [0.15, 0.2) is 21.9 Å². The van der Waals surface area contributed by atoms with Crippen molar-refractivity contribution in [2.24, 2.45) is 0 Å². The van der Waals surface area contributed by atoms with Crippen LogP contribution < -0.4 is 22.3 Å². The van der Waals surface area contributed by atoms with Crippen LogP contribution in [0, 0.1) is 6.42 Å². The molecule has 0 bridgehead atoms. The van der Waals surface area contributed by atoms with E-state index in [-0.39, 0.29) is 11.5 Å². The van der Waals surface area contributed by atoms with Gasteiger partial charge in [-0.05, 0) is 25.3 Å². The number of nitrogens with one attached hydrogen (secondary N) is 2. The maximum atomic E-state index is 12.0. The van der Waals surface area contributed by atoms with E-state index in [9.17, 15) is 19.5 Å². The summed E-state index contributed by atoms with van der Waals surface area (Å²) in [6.45, 7) is 1.05. The largest absolute Gasteiger partial charge is 0.394 e. The Hall–Kier alpha value is -2.27. The average molecular weight is 396 g/mol. The molecule has 28 heavy (non-hydrogen) atoms. The predicted molar refractivity (Wildman–Crippen MR) is 101 cm³/mol. The van der Waals surface area contributed by atoms with E-state index < -0.39 is 36.3 Å². The number of aliphatic hydroxyl groups is 2. The van der Waals surface area contributed by atoms with E-state index in [2.05, 4.69) is 16.0 Å². The van der Waals surface area contributed by atoms with Crippen molar-refractivity contribution in [3.05, 3.63) is 45.1 Å². The highest BCUT2D eigenvalue weighted by molar-refractivity contribution is 5.91. The summed E-state index contributed by atoms with van der Waals surface area (Å²) in [5.41, 5.74) is 2.50. The fourth-order valence-electron chi connectivity index (χ4n) is 2.81. The van der Waals surface area contributed by atoms with Crippen LogP contribution in [0.4, 0.5) is 0 Å². The molecule has 1 amide bonds. The second kappa shape index (κ2) is 10.9. The first-order valence-corrected chi connectivity index (χ1v) is 9.36. The Balaban J connectivity index is 1.98. The quantitative estimate of drug-likeness (QED) is 0.225. The maximum Gasteiger partial charge on any atom is 0.330 e. The average Bonchev–Trinajstić information content (AvgIpc) is 3.04. The normalized spacial score (nSPS) is 22.0. The number of aromatic nitrogens is 2. The van der Waals surface area contributed by atoms with Gasteiger partial charge in [-0.2, -0.15) is 0 Å². The number of nitrogens with zero attached hydrogens (tertiary/aromatic N) is 1. The number of quaternary nitrogens is 1. The number of aromatic amines is 1. The van der Waals surface area contributed by atoms with E-state index >= 15 is 0 Å². The number of H-pyrrole nitrogens is 1. The predicted octanol–water partition coefficient (Wildman–Crippen LogP) is -2.08. The lowest BCUT2D eigenvalue weighted by molar-refractivity contribution is -0.368. The summed E-state index contributed by atoms with van der Waals surface area (Å²) in [6.07, 6.45) is 6.35. The fourth-order valence-corrected chi connectivity index (χ4v) is 2.81. The van der Waals surface area contributed by atoms with Crippen molar-refractivity contribution in [3.8, 4) is 0 Å².